The Kier molecular flexibility index (Phi) is 6.36. The van der Waals surface area contributed by atoms with Crippen LogP contribution in [0.15, 0.2) is 36.7 Å². The lowest BCUT2D eigenvalue weighted by Gasteiger charge is -2.22. The number of cyclic esters (lactones) is 1. The molecule has 0 radical (unpaired) electrons. The Morgan fingerprint density at radius 1 is 1.12 bits per heavy atom. The normalized spacial score (nSPS) is 17.4. The fourth-order valence-electron chi connectivity index (χ4n) is 3.71. The number of alkyl halides is 1. The van der Waals surface area contributed by atoms with Crippen molar-refractivity contribution in [3.8, 4) is 11.1 Å². The molecule has 3 aromatic rings. The van der Waals surface area contributed by atoms with Gasteiger partial charge in [-0.25, -0.2) is 32.2 Å². The Morgan fingerprint density at radius 2 is 1.88 bits per heavy atom. The van der Waals surface area contributed by atoms with E-state index in [4.69, 9.17) is 4.74 Å². The van der Waals surface area contributed by atoms with E-state index in [1.54, 1.807) is 19.1 Å². The fraction of sp³-hybridized carbons (Fsp3) is 0.304. The number of rotatable bonds is 6. The van der Waals surface area contributed by atoms with Crippen molar-refractivity contribution in [2.75, 3.05) is 16.8 Å². The van der Waals surface area contributed by atoms with Crippen molar-refractivity contribution in [1.29, 1.82) is 0 Å². The molecular formula is C23H21F4N5O2. The number of carbonyl (C=O) groups is 1. The van der Waals surface area contributed by atoms with Gasteiger partial charge in [0.2, 0.25) is 5.95 Å². The Labute approximate surface area is 192 Å². The summed E-state index contributed by atoms with van der Waals surface area (Å²) < 4.78 is 62.9. The molecule has 7 nitrogen and oxygen atoms in total. The molecule has 3 heterocycles. The number of amides is 1. The third-order valence-electron chi connectivity index (χ3n) is 5.50. The number of carbonyl (C=O) groups excluding carboxylic acids is 1. The monoisotopic (exact) mass is 475 g/mol. The minimum absolute atomic E-state index is 0.0163. The molecule has 34 heavy (non-hydrogen) atoms. The predicted molar refractivity (Wildman–Crippen MR) is 117 cm³/mol. The predicted octanol–water partition coefficient (Wildman–Crippen LogP) is 5.12. The van der Waals surface area contributed by atoms with Gasteiger partial charge < -0.3 is 10.1 Å². The summed E-state index contributed by atoms with van der Waals surface area (Å²) in [5.41, 5.74) is 1.21. The van der Waals surface area contributed by atoms with Crippen LogP contribution in [0.5, 0.6) is 0 Å². The summed E-state index contributed by atoms with van der Waals surface area (Å²) in [7, 11) is 0. The molecule has 3 atom stereocenters. The van der Waals surface area contributed by atoms with Crippen LogP contribution < -0.4 is 10.2 Å². The van der Waals surface area contributed by atoms with Crippen molar-refractivity contribution < 1.29 is 27.1 Å². The topological polar surface area (TPSA) is 80.2 Å². The van der Waals surface area contributed by atoms with Crippen molar-refractivity contribution >= 4 is 17.9 Å². The molecule has 0 aliphatic carbocycles. The molecule has 1 N–H and O–H groups in total. The van der Waals surface area contributed by atoms with Gasteiger partial charge in [-0.15, -0.1) is 0 Å². The highest BCUT2D eigenvalue weighted by Gasteiger charge is 2.40. The van der Waals surface area contributed by atoms with Gasteiger partial charge in [0.15, 0.2) is 11.6 Å². The second-order valence-electron chi connectivity index (χ2n) is 7.96. The number of hydrogen-bond donors (Lipinski definition) is 1. The Balaban J connectivity index is 1.61. The molecular weight excluding hydrogens is 454 g/mol. The van der Waals surface area contributed by atoms with Gasteiger partial charge in [-0.2, -0.15) is 4.98 Å². The number of nitrogens with zero attached hydrogens (tertiary/aromatic N) is 4. The summed E-state index contributed by atoms with van der Waals surface area (Å²) in [6.45, 7) is 4.24. The quantitative estimate of drug-likeness (QED) is 0.499. The zero-order chi connectivity index (χ0) is 24.6. The zero-order valence-corrected chi connectivity index (χ0v) is 18.5. The molecule has 4 rings (SSSR count). The number of aromatic nitrogens is 3. The van der Waals surface area contributed by atoms with E-state index in [0.717, 1.165) is 23.2 Å². The minimum atomic E-state index is -1.50. The number of ether oxygens (including phenoxy) is 1. The van der Waals surface area contributed by atoms with Crippen LogP contribution in [0.4, 0.5) is 34.1 Å². The van der Waals surface area contributed by atoms with Gasteiger partial charge in [0.1, 0.15) is 30.5 Å². The third-order valence-corrected chi connectivity index (χ3v) is 5.50. The number of benzene rings is 1. The van der Waals surface area contributed by atoms with E-state index >= 15 is 0 Å². The molecule has 0 spiro atoms. The third kappa shape index (κ3) is 4.50. The number of aryl methyl sites for hydroxylation is 1. The molecule has 1 saturated heterocycles. The summed E-state index contributed by atoms with van der Waals surface area (Å²) in [4.78, 5) is 24.6. The summed E-state index contributed by atoms with van der Waals surface area (Å²) >= 11 is 0. The van der Waals surface area contributed by atoms with E-state index < -0.39 is 47.6 Å². The largest absolute Gasteiger partial charge is 0.447 e. The van der Waals surface area contributed by atoms with E-state index in [0.29, 0.717) is 11.3 Å². The maximum Gasteiger partial charge on any atom is 0.416 e. The molecule has 1 aliphatic rings. The van der Waals surface area contributed by atoms with E-state index in [1.807, 2.05) is 0 Å². The minimum Gasteiger partial charge on any atom is -0.447 e. The molecule has 0 bridgehead atoms. The van der Waals surface area contributed by atoms with Gasteiger partial charge in [0.05, 0.1) is 12.2 Å². The van der Waals surface area contributed by atoms with Crippen molar-refractivity contribution in [3.05, 3.63) is 65.4 Å². The first kappa shape index (κ1) is 23.4. The maximum atomic E-state index is 14.9. The fourth-order valence-corrected chi connectivity index (χ4v) is 3.71. The average molecular weight is 475 g/mol. The molecule has 178 valence electrons. The average Bonchev–Trinajstić information content (AvgIpc) is 3.17. The SMILES string of the molecule is Cc1cc(-c2cc(F)c([C@H](C)Nc3ncc(F)c(N4C(=O)OCC4[C@H](C)F)n3)cc2F)ccn1. The van der Waals surface area contributed by atoms with Crippen molar-refractivity contribution in [1.82, 2.24) is 15.0 Å². The van der Waals surface area contributed by atoms with Crippen LogP contribution in [0.2, 0.25) is 0 Å². The first-order chi connectivity index (χ1) is 16.2. The highest BCUT2D eigenvalue weighted by atomic mass is 19.1. The molecule has 11 heteroatoms. The van der Waals surface area contributed by atoms with Crippen LogP contribution in [-0.4, -0.2) is 39.9 Å². The van der Waals surface area contributed by atoms with Crippen LogP contribution in [0.1, 0.15) is 31.1 Å². The van der Waals surface area contributed by atoms with Gasteiger partial charge in [-0.05, 0) is 50.6 Å². The van der Waals surface area contributed by atoms with Gasteiger partial charge in [0, 0.05) is 23.0 Å². The lowest BCUT2D eigenvalue weighted by Crippen LogP contribution is -2.40. The molecule has 0 saturated carbocycles. The molecule has 1 unspecified atom stereocenters. The highest BCUT2D eigenvalue weighted by Crippen LogP contribution is 2.31. The van der Waals surface area contributed by atoms with E-state index in [-0.39, 0.29) is 23.7 Å². The van der Waals surface area contributed by atoms with Crippen LogP contribution >= 0.6 is 0 Å². The van der Waals surface area contributed by atoms with Crippen molar-refractivity contribution in [2.45, 2.75) is 39.0 Å². The maximum absolute atomic E-state index is 14.9. The van der Waals surface area contributed by atoms with E-state index in [1.165, 1.54) is 20.0 Å². The van der Waals surface area contributed by atoms with Crippen molar-refractivity contribution in [3.63, 3.8) is 0 Å². The first-order valence-electron chi connectivity index (χ1n) is 10.5. The van der Waals surface area contributed by atoms with Crippen LogP contribution in [0.25, 0.3) is 11.1 Å². The summed E-state index contributed by atoms with van der Waals surface area (Å²) in [5, 5.41) is 2.77. The zero-order valence-electron chi connectivity index (χ0n) is 18.5. The molecule has 1 aliphatic heterocycles. The molecule has 1 aromatic carbocycles. The summed E-state index contributed by atoms with van der Waals surface area (Å²) in [6, 6.07) is 3.47. The number of nitrogens with one attached hydrogen (secondary N) is 1. The van der Waals surface area contributed by atoms with Crippen LogP contribution in [0.3, 0.4) is 0 Å². The van der Waals surface area contributed by atoms with Crippen molar-refractivity contribution in [2.24, 2.45) is 0 Å². The first-order valence-corrected chi connectivity index (χ1v) is 10.5. The van der Waals surface area contributed by atoms with Gasteiger partial charge in [-0.1, -0.05) is 0 Å². The smallest absolute Gasteiger partial charge is 0.416 e. The second-order valence-corrected chi connectivity index (χ2v) is 7.96. The van der Waals surface area contributed by atoms with Crippen LogP contribution in [0, 0.1) is 24.4 Å². The number of halogens is 4. The number of pyridine rings is 1. The molecule has 1 amide bonds. The lowest BCUT2D eigenvalue weighted by atomic mass is 10.00. The van der Waals surface area contributed by atoms with E-state index in [2.05, 4.69) is 20.3 Å². The summed E-state index contributed by atoms with van der Waals surface area (Å²) in [6.07, 6.45) is -0.139. The number of anilines is 2. The Hall–Kier alpha value is -3.76. The molecule has 1 fully saturated rings. The Bertz CT molecular complexity index is 1240. The highest BCUT2D eigenvalue weighted by molar-refractivity contribution is 5.89. The van der Waals surface area contributed by atoms with Gasteiger partial charge >= 0.3 is 6.09 Å². The molecule has 2 aromatic heterocycles. The standard InChI is InChI=1S/C23H21F4N5O2/c1-11-6-14(4-5-28-11)16-8-17(25)15(7-18(16)26)13(3)30-22-29-9-19(27)21(31-22)32-20(12(2)24)10-34-23(32)33/h4-9,12-13,20H,10H2,1-3H3,(H,29,30,31)/t12-,13-,20?/m0/s1. The van der Waals surface area contributed by atoms with Gasteiger partial charge in [0.25, 0.3) is 0 Å². The second kappa shape index (κ2) is 9.24. The summed E-state index contributed by atoms with van der Waals surface area (Å²) in [5.74, 6) is -2.92. The van der Waals surface area contributed by atoms with Crippen LogP contribution in [-0.2, 0) is 4.74 Å². The number of hydrogen-bond acceptors (Lipinski definition) is 6. The lowest BCUT2D eigenvalue weighted by molar-refractivity contribution is 0.174. The van der Waals surface area contributed by atoms with Gasteiger partial charge in [-0.3, -0.25) is 4.98 Å². The Morgan fingerprint density at radius 3 is 2.59 bits per heavy atom. The van der Waals surface area contributed by atoms with E-state index in [9.17, 15) is 22.4 Å².